The fraction of sp³-hybridized carbons (Fsp3) is 0.364. The summed E-state index contributed by atoms with van der Waals surface area (Å²) in [6, 6.07) is 14.4. The van der Waals surface area contributed by atoms with Gasteiger partial charge in [-0.2, -0.15) is 0 Å². The van der Waals surface area contributed by atoms with Gasteiger partial charge in [-0.1, -0.05) is 48.8 Å². The minimum atomic E-state index is 0.108. The Labute approximate surface area is 158 Å². The molecule has 0 unspecified atom stereocenters. The summed E-state index contributed by atoms with van der Waals surface area (Å²) in [5, 5.41) is 0.784. The Morgan fingerprint density at radius 3 is 2.42 bits per heavy atom. The number of carbonyl (C=O) groups is 1. The lowest BCUT2D eigenvalue weighted by Crippen LogP contribution is -2.33. The third-order valence-electron chi connectivity index (χ3n) is 5.11. The number of hydrogen-bond acceptors (Lipinski definition) is 3. The zero-order valence-electron chi connectivity index (χ0n) is 15.4. The highest BCUT2D eigenvalue weighted by molar-refractivity contribution is 7.22. The highest BCUT2D eigenvalue weighted by Gasteiger charge is 2.30. The number of benzene rings is 2. The molecule has 1 aromatic heterocycles. The van der Waals surface area contributed by atoms with E-state index in [0.29, 0.717) is 0 Å². The third kappa shape index (κ3) is 3.38. The van der Waals surface area contributed by atoms with Gasteiger partial charge in [-0.25, -0.2) is 4.98 Å². The molecule has 0 radical (unpaired) electrons. The van der Waals surface area contributed by atoms with Crippen LogP contribution in [0.4, 0.5) is 10.8 Å². The summed E-state index contributed by atoms with van der Waals surface area (Å²) in [4.78, 5) is 20.2. The van der Waals surface area contributed by atoms with Crippen molar-refractivity contribution in [3.8, 4) is 0 Å². The lowest BCUT2D eigenvalue weighted by molar-refractivity contribution is -0.122. The molecule has 4 rings (SSSR count). The number of hydrogen-bond donors (Lipinski definition) is 0. The molecule has 0 N–H and O–H groups in total. The molecule has 1 saturated carbocycles. The van der Waals surface area contributed by atoms with Gasteiger partial charge in [0.15, 0.2) is 5.13 Å². The molecule has 134 valence electrons. The molecule has 0 saturated heterocycles. The van der Waals surface area contributed by atoms with E-state index in [9.17, 15) is 4.79 Å². The maximum Gasteiger partial charge on any atom is 0.236 e. The highest BCUT2D eigenvalue weighted by atomic mass is 32.1. The average Bonchev–Trinajstić information content (AvgIpc) is 3.05. The smallest absolute Gasteiger partial charge is 0.236 e. The number of aryl methyl sites for hydroxylation is 2. The maximum atomic E-state index is 13.5. The number of carbonyl (C=O) groups excluding carboxylic acids is 1. The van der Waals surface area contributed by atoms with Crippen LogP contribution < -0.4 is 4.90 Å². The largest absolute Gasteiger partial charge is 0.274 e. The minimum Gasteiger partial charge on any atom is -0.274 e. The molecule has 1 amide bonds. The van der Waals surface area contributed by atoms with Crippen molar-refractivity contribution >= 4 is 38.3 Å². The van der Waals surface area contributed by atoms with Crippen LogP contribution >= 0.6 is 11.3 Å². The number of thiazole rings is 1. The van der Waals surface area contributed by atoms with Crippen molar-refractivity contribution in [3.63, 3.8) is 0 Å². The Morgan fingerprint density at radius 1 is 1.04 bits per heavy atom. The van der Waals surface area contributed by atoms with Gasteiger partial charge >= 0.3 is 0 Å². The van der Waals surface area contributed by atoms with E-state index >= 15 is 0 Å². The van der Waals surface area contributed by atoms with Gasteiger partial charge in [-0.15, -0.1) is 0 Å². The Morgan fingerprint density at radius 2 is 1.73 bits per heavy atom. The monoisotopic (exact) mass is 364 g/mol. The molecular formula is C22H24N2OS. The summed E-state index contributed by atoms with van der Waals surface area (Å²) in [6.45, 7) is 4.16. The van der Waals surface area contributed by atoms with Gasteiger partial charge in [0, 0.05) is 5.92 Å². The summed E-state index contributed by atoms with van der Waals surface area (Å²) < 4.78 is 1.12. The average molecular weight is 365 g/mol. The fourth-order valence-corrected chi connectivity index (χ4v) is 4.89. The van der Waals surface area contributed by atoms with Gasteiger partial charge in [0.25, 0.3) is 0 Å². The molecule has 0 aliphatic heterocycles. The molecule has 26 heavy (non-hydrogen) atoms. The molecule has 0 bridgehead atoms. The van der Waals surface area contributed by atoms with Crippen LogP contribution in [0.15, 0.2) is 42.5 Å². The fourth-order valence-electron chi connectivity index (χ4n) is 3.90. The molecule has 1 heterocycles. The number of amides is 1. The number of aromatic nitrogens is 1. The Bertz CT molecular complexity index is 887. The zero-order valence-corrected chi connectivity index (χ0v) is 16.2. The van der Waals surface area contributed by atoms with E-state index < -0.39 is 0 Å². The van der Waals surface area contributed by atoms with Crippen LogP contribution in [0.1, 0.15) is 43.2 Å². The van der Waals surface area contributed by atoms with Crippen LogP contribution in [0.2, 0.25) is 0 Å². The van der Waals surface area contributed by atoms with Crippen LogP contribution in [-0.4, -0.2) is 10.9 Å². The van der Waals surface area contributed by atoms with Crippen molar-refractivity contribution in [1.82, 2.24) is 4.98 Å². The molecule has 1 aliphatic carbocycles. The first kappa shape index (κ1) is 17.2. The van der Waals surface area contributed by atoms with Crippen molar-refractivity contribution in [2.24, 2.45) is 5.92 Å². The van der Waals surface area contributed by atoms with Crippen molar-refractivity contribution in [2.75, 3.05) is 4.90 Å². The van der Waals surface area contributed by atoms with Crippen molar-refractivity contribution < 1.29 is 4.79 Å². The van der Waals surface area contributed by atoms with Gasteiger partial charge < -0.3 is 0 Å². The minimum absolute atomic E-state index is 0.108. The van der Waals surface area contributed by atoms with Crippen molar-refractivity contribution in [1.29, 1.82) is 0 Å². The molecule has 0 spiro atoms. The van der Waals surface area contributed by atoms with E-state index in [1.165, 1.54) is 17.5 Å². The summed E-state index contributed by atoms with van der Waals surface area (Å²) in [6.07, 6.45) is 5.53. The number of rotatable bonds is 3. The molecule has 2 aromatic carbocycles. The van der Waals surface area contributed by atoms with Crippen molar-refractivity contribution in [2.45, 2.75) is 46.0 Å². The third-order valence-corrected chi connectivity index (χ3v) is 6.13. The van der Waals surface area contributed by atoms with Crippen LogP contribution in [-0.2, 0) is 4.79 Å². The number of nitrogens with zero attached hydrogens (tertiary/aromatic N) is 2. The first-order valence-electron chi connectivity index (χ1n) is 9.39. The first-order chi connectivity index (χ1) is 12.6. The second-order valence-electron chi connectivity index (χ2n) is 7.32. The number of anilines is 2. The zero-order chi connectivity index (χ0) is 18.1. The molecule has 0 atom stereocenters. The quantitative estimate of drug-likeness (QED) is 0.558. The van der Waals surface area contributed by atoms with E-state index in [2.05, 4.69) is 38.1 Å². The van der Waals surface area contributed by atoms with Gasteiger partial charge in [0.1, 0.15) is 0 Å². The van der Waals surface area contributed by atoms with Crippen LogP contribution in [0.3, 0.4) is 0 Å². The second kappa shape index (κ2) is 7.20. The van der Waals surface area contributed by atoms with Gasteiger partial charge in [0.2, 0.25) is 5.91 Å². The Hall–Kier alpha value is -2.20. The SMILES string of the molecule is Cc1cc(C)cc(N(C(=O)C2CCCCC2)c2nc3ccccc3s2)c1. The predicted molar refractivity (Wildman–Crippen MR) is 109 cm³/mol. The topological polar surface area (TPSA) is 33.2 Å². The molecule has 4 heteroatoms. The summed E-state index contributed by atoms with van der Waals surface area (Å²) in [5.74, 6) is 0.310. The molecule has 1 aliphatic rings. The Balaban J connectivity index is 1.81. The molecule has 1 fully saturated rings. The van der Waals surface area contributed by atoms with Crippen LogP contribution in [0, 0.1) is 19.8 Å². The lowest BCUT2D eigenvalue weighted by Gasteiger charge is -2.28. The normalized spacial score (nSPS) is 15.3. The lowest BCUT2D eigenvalue weighted by atomic mass is 9.88. The Kier molecular flexibility index (Phi) is 4.77. The van der Waals surface area contributed by atoms with E-state index in [-0.39, 0.29) is 11.8 Å². The standard InChI is InChI=1S/C22H24N2OS/c1-15-12-16(2)14-18(13-15)24(21(25)17-8-4-3-5-9-17)22-23-19-10-6-7-11-20(19)26-22/h6-7,10-14,17H,3-5,8-9H2,1-2H3. The molecule has 3 nitrogen and oxygen atoms in total. The summed E-state index contributed by atoms with van der Waals surface area (Å²) in [7, 11) is 0. The van der Waals surface area contributed by atoms with Crippen molar-refractivity contribution in [3.05, 3.63) is 53.6 Å². The van der Waals surface area contributed by atoms with E-state index in [1.54, 1.807) is 11.3 Å². The number of para-hydroxylation sites is 1. The van der Waals surface area contributed by atoms with E-state index in [4.69, 9.17) is 4.98 Å². The first-order valence-corrected chi connectivity index (χ1v) is 10.2. The van der Waals surface area contributed by atoms with E-state index in [1.807, 2.05) is 23.1 Å². The van der Waals surface area contributed by atoms with Gasteiger partial charge in [-0.3, -0.25) is 9.69 Å². The van der Waals surface area contributed by atoms with E-state index in [0.717, 1.165) is 46.7 Å². The van der Waals surface area contributed by atoms with Gasteiger partial charge in [0.05, 0.1) is 15.9 Å². The maximum absolute atomic E-state index is 13.5. The second-order valence-corrected chi connectivity index (χ2v) is 8.33. The molecular weight excluding hydrogens is 340 g/mol. The summed E-state index contributed by atoms with van der Waals surface area (Å²) >= 11 is 1.60. The highest BCUT2D eigenvalue weighted by Crippen LogP contribution is 2.37. The van der Waals surface area contributed by atoms with Crippen LogP contribution in [0.5, 0.6) is 0 Å². The van der Waals surface area contributed by atoms with Crippen LogP contribution in [0.25, 0.3) is 10.2 Å². The number of fused-ring (bicyclic) bond motifs is 1. The molecule has 3 aromatic rings. The van der Waals surface area contributed by atoms with Gasteiger partial charge in [-0.05, 0) is 62.1 Å². The summed E-state index contributed by atoms with van der Waals surface area (Å²) in [5.41, 5.74) is 4.24. The predicted octanol–water partition coefficient (Wildman–Crippen LogP) is 6.16.